The topological polar surface area (TPSA) is 77.5 Å². The van der Waals surface area contributed by atoms with E-state index in [0.717, 1.165) is 50.2 Å². The number of aryl methyl sites for hydroxylation is 1. The summed E-state index contributed by atoms with van der Waals surface area (Å²) in [6.07, 6.45) is 5.06. The van der Waals surface area contributed by atoms with Crippen molar-refractivity contribution in [1.29, 1.82) is 0 Å². The average molecular weight is 348 g/mol. The molecule has 0 radical (unpaired) electrons. The molecule has 1 aromatic rings. The molecule has 1 fully saturated rings. The average Bonchev–Trinajstić information content (AvgIpc) is 2.62. The number of nitrogens with zero attached hydrogens (tertiary/aromatic N) is 2. The number of hydrogen-bond donors (Lipinski definition) is 3. The number of carbonyl (C=O) groups excluding carboxylic acids is 1. The Bertz CT molecular complexity index is 523. The van der Waals surface area contributed by atoms with Crippen LogP contribution in [0.25, 0.3) is 0 Å². The molecule has 0 aromatic carbocycles. The van der Waals surface area contributed by atoms with Crippen LogP contribution in [0.3, 0.4) is 0 Å². The van der Waals surface area contributed by atoms with Crippen molar-refractivity contribution in [2.45, 2.75) is 58.6 Å². The summed E-state index contributed by atoms with van der Waals surface area (Å²) in [5, 5.41) is 15.9. The minimum Gasteiger partial charge on any atom is -0.391 e. The van der Waals surface area contributed by atoms with Gasteiger partial charge < -0.3 is 20.6 Å². The van der Waals surface area contributed by atoms with E-state index in [1.54, 1.807) is 0 Å². The van der Waals surface area contributed by atoms with Crippen LogP contribution in [0.5, 0.6) is 0 Å². The summed E-state index contributed by atoms with van der Waals surface area (Å²) < 4.78 is 0. The summed E-state index contributed by atoms with van der Waals surface area (Å²) in [5.41, 5.74) is 1.16. The van der Waals surface area contributed by atoms with Gasteiger partial charge in [-0.2, -0.15) is 0 Å². The third-order valence-electron chi connectivity index (χ3n) is 5.11. The van der Waals surface area contributed by atoms with Crippen molar-refractivity contribution in [2.24, 2.45) is 5.92 Å². The van der Waals surface area contributed by atoms with Crippen molar-refractivity contribution >= 4 is 11.8 Å². The third-order valence-corrected chi connectivity index (χ3v) is 5.11. The molecule has 1 aliphatic rings. The van der Waals surface area contributed by atoms with Gasteiger partial charge in [-0.25, -0.2) is 9.78 Å². The molecule has 1 atom stereocenters. The second-order valence-electron chi connectivity index (χ2n) is 6.95. The van der Waals surface area contributed by atoms with E-state index in [2.05, 4.69) is 46.5 Å². The van der Waals surface area contributed by atoms with Crippen molar-refractivity contribution in [3.63, 3.8) is 0 Å². The molecule has 0 aliphatic carbocycles. The quantitative estimate of drug-likeness (QED) is 0.707. The number of urea groups is 1. The van der Waals surface area contributed by atoms with Gasteiger partial charge in [-0.15, -0.1) is 0 Å². The summed E-state index contributed by atoms with van der Waals surface area (Å²) in [7, 11) is 0. The molecule has 2 amide bonds. The van der Waals surface area contributed by atoms with Gasteiger partial charge in [0.05, 0.1) is 6.10 Å². The largest absolute Gasteiger partial charge is 0.391 e. The first kappa shape index (κ1) is 19.5. The van der Waals surface area contributed by atoms with E-state index in [-0.39, 0.29) is 18.0 Å². The highest BCUT2D eigenvalue weighted by Crippen LogP contribution is 2.18. The standard InChI is InChI=1S/C19H32N4O2/c1-4-15(5-2)17(24)13-21-19(25)22-16-8-10-23(11-9-16)18-7-6-14(3)12-20-18/h6-7,12,15-17,24H,4-5,8-11,13H2,1-3H3,(H2,21,22,25). The van der Waals surface area contributed by atoms with Gasteiger partial charge in [0.25, 0.3) is 0 Å². The number of anilines is 1. The van der Waals surface area contributed by atoms with Gasteiger partial charge >= 0.3 is 6.03 Å². The third kappa shape index (κ3) is 5.88. The minimum absolute atomic E-state index is 0.173. The Balaban J connectivity index is 1.70. The van der Waals surface area contributed by atoms with Crippen LogP contribution < -0.4 is 15.5 Å². The van der Waals surface area contributed by atoms with E-state index < -0.39 is 6.10 Å². The maximum absolute atomic E-state index is 12.0. The highest BCUT2D eigenvalue weighted by molar-refractivity contribution is 5.74. The van der Waals surface area contributed by atoms with Crippen molar-refractivity contribution in [1.82, 2.24) is 15.6 Å². The van der Waals surface area contributed by atoms with E-state index in [9.17, 15) is 9.90 Å². The SMILES string of the molecule is CCC(CC)C(O)CNC(=O)NC1CCN(c2ccc(C)cn2)CC1. The van der Waals surface area contributed by atoms with Gasteiger partial charge in [-0.05, 0) is 37.3 Å². The first-order valence-corrected chi connectivity index (χ1v) is 9.43. The molecule has 2 rings (SSSR count). The van der Waals surface area contributed by atoms with Crippen LogP contribution in [0.15, 0.2) is 18.3 Å². The zero-order valence-electron chi connectivity index (χ0n) is 15.7. The fourth-order valence-electron chi connectivity index (χ4n) is 3.33. The molecule has 2 heterocycles. The first-order valence-electron chi connectivity index (χ1n) is 9.43. The normalized spacial score (nSPS) is 16.8. The Kier molecular flexibility index (Phi) is 7.50. The Morgan fingerprint density at radius 3 is 2.56 bits per heavy atom. The number of carbonyl (C=O) groups is 1. The second-order valence-corrected chi connectivity index (χ2v) is 6.95. The molecule has 0 saturated carbocycles. The highest BCUT2D eigenvalue weighted by atomic mass is 16.3. The molecule has 6 heteroatoms. The van der Waals surface area contributed by atoms with Crippen LogP contribution in [-0.4, -0.2) is 47.9 Å². The first-order chi connectivity index (χ1) is 12.0. The van der Waals surface area contributed by atoms with Crippen LogP contribution in [0.2, 0.25) is 0 Å². The van der Waals surface area contributed by atoms with Gasteiger partial charge in [0, 0.05) is 31.9 Å². The molecule has 0 spiro atoms. The lowest BCUT2D eigenvalue weighted by molar-refractivity contribution is 0.103. The zero-order chi connectivity index (χ0) is 18.2. The van der Waals surface area contributed by atoms with Crippen LogP contribution in [-0.2, 0) is 0 Å². The number of aliphatic hydroxyl groups excluding tert-OH is 1. The molecule has 1 aliphatic heterocycles. The molecule has 1 aromatic heterocycles. The number of amides is 2. The van der Waals surface area contributed by atoms with E-state index in [4.69, 9.17) is 0 Å². The summed E-state index contributed by atoms with van der Waals surface area (Å²) >= 11 is 0. The van der Waals surface area contributed by atoms with Gasteiger partial charge in [-0.3, -0.25) is 0 Å². The van der Waals surface area contributed by atoms with Crippen molar-refractivity contribution in [3.8, 4) is 0 Å². The Labute approximate surface area is 151 Å². The molecule has 25 heavy (non-hydrogen) atoms. The molecule has 140 valence electrons. The van der Waals surface area contributed by atoms with Crippen LogP contribution in [0.4, 0.5) is 10.6 Å². The monoisotopic (exact) mass is 348 g/mol. The van der Waals surface area contributed by atoms with Crippen molar-refractivity contribution in [2.75, 3.05) is 24.5 Å². The number of aromatic nitrogens is 1. The molecule has 6 nitrogen and oxygen atoms in total. The lowest BCUT2D eigenvalue weighted by Crippen LogP contribution is -2.49. The highest BCUT2D eigenvalue weighted by Gasteiger charge is 2.22. The summed E-state index contributed by atoms with van der Waals surface area (Å²) in [5.74, 6) is 1.24. The predicted octanol–water partition coefficient (Wildman–Crippen LogP) is 2.46. The Morgan fingerprint density at radius 2 is 2.00 bits per heavy atom. The number of hydrogen-bond acceptors (Lipinski definition) is 4. The minimum atomic E-state index is -0.477. The van der Waals surface area contributed by atoms with Crippen LogP contribution in [0.1, 0.15) is 45.1 Å². The van der Waals surface area contributed by atoms with Crippen LogP contribution in [0, 0.1) is 12.8 Å². The van der Waals surface area contributed by atoms with Crippen LogP contribution >= 0.6 is 0 Å². The van der Waals surface area contributed by atoms with Gasteiger partial charge in [-0.1, -0.05) is 32.8 Å². The number of piperidine rings is 1. The number of aliphatic hydroxyl groups is 1. The molecular weight excluding hydrogens is 316 g/mol. The molecule has 3 N–H and O–H groups in total. The van der Waals surface area contributed by atoms with Gasteiger partial charge in [0.2, 0.25) is 0 Å². The van der Waals surface area contributed by atoms with E-state index in [1.165, 1.54) is 0 Å². The summed E-state index contributed by atoms with van der Waals surface area (Å²) in [6, 6.07) is 4.12. The summed E-state index contributed by atoms with van der Waals surface area (Å²) in [4.78, 5) is 18.8. The molecule has 1 unspecified atom stereocenters. The fraction of sp³-hybridized carbons (Fsp3) is 0.684. The molecule has 1 saturated heterocycles. The zero-order valence-corrected chi connectivity index (χ0v) is 15.7. The van der Waals surface area contributed by atoms with E-state index in [1.807, 2.05) is 13.1 Å². The Morgan fingerprint density at radius 1 is 1.32 bits per heavy atom. The molecule has 0 bridgehead atoms. The predicted molar refractivity (Wildman–Crippen MR) is 101 cm³/mol. The second kappa shape index (κ2) is 9.61. The van der Waals surface area contributed by atoms with Gasteiger partial charge in [0.15, 0.2) is 0 Å². The summed E-state index contributed by atoms with van der Waals surface area (Å²) in [6.45, 7) is 8.24. The van der Waals surface area contributed by atoms with E-state index in [0.29, 0.717) is 6.54 Å². The van der Waals surface area contributed by atoms with E-state index >= 15 is 0 Å². The molecular formula is C19H32N4O2. The maximum Gasteiger partial charge on any atom is 0.315 e. The lowest BCUT2D eigenvalue weighted by Gasteiger charge is -2.33. The van der Waals surface area contributed by atoms with Crippen molar-refractivity contribution < 1.29 is 9.90 Å². The number of rotatable bonds is 7. The smallest absolute Gasteiger partial charge is 0.315 e. The van der Waals surface area contributed by atoms with Crippen molar-refractivity contribution in [3.05, 3.63) is 23.9 Å². The Hall–Kier alpha value is -1.82. The fourth-order valence-corrected chi connectivity index (χ4v) is 3.33. The number of pyridine rings is 1. The maximum atomic E-state index is 12.0. The number of nitrogens with one attached hydrogen (secondary N) is 2. The lowest BCUT2D eigenvalue weighted by atomic mass is 9.97. The van der Waals surface area contributed by atoms with Gasteiger partial charge in [0.1, 0.15) is 5.82 Å².